The lowest BCUT2D eigenvalue weighted by atomic mass is 10.0. The molecule has 0 unspecified atom stereocenters. The Bertz CT molecular complexity index is 1220. The molecular weight excluding hydrogens is 409 g/mol. The molecule has 2 atom stereocenters. The second kappa shape index (κ2) is 7.96. The molecule has 4 nitrogen and oxygen atoms in total. The number of hydrogen-bond acceptors (Lipinski definition) is 3. The molecule has 3 heterocycles. The predicted octanol–water partition coefficient (Wildman–Crippen LogP) is 5.97. The predicted molar refractivity (Wildman–Crippen MR) is 123 cm³/mol. The van der Waals surface area contributed by atoms with Gasteiger partial charge in [0.25, 0.3) is 0 Å². The van der Waals surface area contributed by atoms with E-state index in [1.54, 1.807) is 18.3 Å². The van der Waals surface area contributed by atoms with E-state index in [1.165, 1.54) is 12.1 Å². The van der Waals surface area contributed by atoms with Crippen LogP contribution in [0.2, 0.25) is 0 Å². The first-order valence-corrected chi connectivity index (χ1v) is 10.4. The molecule has 0 radical (unpaired) electrons. The van der Waals surface area contributed by atoms with E-state index in [4.69, 9.17) is 16.6 Å². The number of hydrogen-bond donors (Lipinski definition) is 1. The molecule has 1 aliphatic rings. The smallest absolute Gasteiger partial charge is 0.174 e. The van der Waals surface area contributed by atoms with Gasteiger partial charge in [0.2, 0.25) is 0 Å². The molecule has 154 valence electrons. The van der Waals surface area contributed by atoms with Gasteiger partial charge in [0, 0.05) is 17.4 Å². The van der Waals surface area contributed by atoms with Gasteiger partial charge >= 0.3 is 0 Å². The van der Waals surface area contributed by atoms with Gasteiger partial charge in [0.15, 0.2) is 5.11 Å². The van der Waals surface area contributed by atoms with Crippen LogP contribution in [0.3, 0.4) is 0 Å². The highest BCUT2D eigenvalue weighted by atomic mass is 32.1. The molecule has 1 saturated heterocycles. The second-order valence-electron chi connectivity index (χ2n) is 7.54. The Kier molecular flexibility index (Phi) is 5.00. The standard InChI is InChI=1S/C25H20FN3OS/c1-16-5-4-6-19(15-16)29-24(23(28-25(29)31)20-7-2-3-14-27-20)22-13-12-21(30-22)17-8-10-18(26)11-9-17/h2-15,23-24H,1H3,(H,28,31)/t23-,24-/m0/s1. The van der Waals surface area contributed by atoms with Crippen molar-refractivity contribution in [3.8, 4) is 11.3 Å². The maximum atomic E-state index is 13.3. The van der Waals surface area contributed by atoms with E-state index in [0.29, 0.717) is 10.9 Å². The molecule has 1 aliphatic heterocycles. The Morgan fingerprint density at radius 2 is 1.84 bits per heavy atom. The summed E-state index contributed by atoms with van der Waals surface area (Å²) in [4.78, 5) is 6.64. The van der Waals surface area contributed by atoms with Gasteiger partial charge in [0.05, 0.1) is 11.7 Å². The van der Waals surface area contributed by atoms with Crippen molar-refractivity contribution >= 4 is 23.0 Å². The fourth-order valence-corrected chi connectivity index (χ4v) is 4.33. The lowest BCUT2D eigenvalue weighted by Gasteiger charge is -2.26. The average Bonchev–Trinajstić information content (AvgIpc) is 3.39. The Morgan fingerprint density at radius 1 is 1.00 bits per heavy atom. The number of aromatic nitrogens is 1. The van der Waals surface area contributed by atoms with Crippen molar-refractivity contribution in [1.82, 2.24) is 10.3 Å². The number of furan rings is 1. The summed E-state index contributed by atoms with van der Waals surface area (Å²) < 4.78 is 19.6. The van der Waals surface area contributed by atoms with Gasteiger partial charge in [0.1, 0.15) is 23.4 Å². The van der Waals surface area contributed by atoms with Crippen molar-refractivity contribution < 1.29 is 8.81 Å². The van der Waals surface area contributed by atoms with E-state index in [0.717, 1.165) is 28.3 Å². The molecule has 31 heavy (non-hydrogen) atoms. The number of thiocarbonyl (C=S) groups is 1. The summed E-state index contributed by atoms with van der Waals surface area (Å²) in [6.07, 6.45) is 1.78. The van der Waals surface area contributed by atoms with E-state index in [1.807, 2.05) is 42.5 Å². The number of aryl methyl sites for hydroxylation is 1. The normalized spacial score (nSPS) is 18.3. The van der Waals surface area contributed by atoms with Gasteiger partial charge in [-0.15, -0.1) is 0 Å². The fraction of sp³-hybridized carbons (Fsp3) is 0.120. The van der Waals surface area contributed by atoms with Crippen molar-refractivity contribution in [3.63, 3.8) is 0 Å². The van der Waals surface area contributed by atoms with Crippen molar-refractivity contribution in [3.05, 3.63) is 108 Å². The van der Waals surface area contributed by atoms with Crippen LogP contribution in [-0.2, 0) is 0 Å². The second-order valence-corrected chi connectivity index (χ2v) is 7.93. The molecule has 0 saturated carbocycles. The Balaban J connectivity index is 1.60. The van der Waals surface area contributed by atoms with Gasteiger partial charge in [-0.3, -0.25) is 4.98 Å². The summed E-state index contributed by atoms with van der Waals surface area (Å²) in [7, 11) is 0. The third-order valence-electron chi connectivity index (χ3n) is 5.42. The third kappa shape index (κ3) is 3.70. The highest BCUT2D eigenvalue weighted by molar-refractivity contribution is 7.80. The zero-order valence-electron chi connectivity index (χ0n) is 16.8. The van der Waals surface area contributed by atoms with Crippen LogP contribution in [0.1, 0.15) is 29.1 Å². The summed E-state index contributed by atoms with van der Waals surface area (Å²) in [5, 5.41) is 4.05. The summed E-state index contributed by atoms with van der Waals surface area (Å²) in [5.41, 5.74) is 3.83. The van der Waals surface area contributed by atoms with Crippen LogP contribution in [0.4, 0.5) is 10.1 Å². The first kappa shape index (κ1) is 19.5. The number of nitrogens with one attached hydrogen (secondary N) is 1. The van der Waals surface area contributed by atoms with E-state index in [-0.39, 0.29) is 17.9 Å². The molecule has 0 bridgehead atoms. The van der Waals surface area contributed by atoms with Crippen LogP contribution in [0.25, 0.3) is 11.3 Å². The zero-order valence-corrected chi connectivity index (χ0v) is 17.6. The molecular formula is C25H20FN3OS. The van der Waals surface area contributed by atoms with Crippen LogP contribution < -0.4 is 10.2 Å². The molecule has 4 aromatic rings. The molecule has 6 heteroatoms. The summed E-state index contributed by atoms with van der Waals surface area (Å²) in [6.45, 7) is 2.06. The monoisotopic (exact) mass is 429 g/mol. The van der Waals surface area contributed by atoms with Crippen molar-refractivity contribution in [2.75, 3.05) is 4.90 Å². The van der Waals surface area contributed by atoms with Gasteiger partial charge < -0.3 is 14.6 Å². The number of halogens is 1. The Morgan fingerprint density at radius 3 is 2.58 bits per heavy atom. The van der Waals surface area contributed by atoms with Crippen molar-refractivity contribution in [2.45, 2.75) is 19.0 Å². The molecule has 0 amide bonds. The minimum Gasteiger partial charge on any atom is -0.459 e. The van der Waals surface area contributed by atoms with E-state index in [9.17, 15) is 4.39 Å². The number of nitrogens with zero attached hydrogens (tertiary/aromatic N) is 2. The number of anilines is 1. The summed E-state index contributed by atoms with van der Waals surface area (Å²) >= 11 is 5.74. The van der Waals surface area contributed by atoms with Crippen LogP contribution in [0.5, 0.6) is 0 Å². The quantitative estimate of drug-likeness (QED) is 0.405. The highest BCUT2D eigenvalue weighted by Crippen LogP contribution is 2.43. The van der Waals surface area contributed by atoms with Crippen molar-refractivity contribution in [2.24, 2.45) is 0 Å². The van der Waals surface area contributed by atoms with Crippen molar-refractivity contribution in [1.29, 1.82) is 0 Å². The molecule has 5 rings (SSSR count). The molecule has 0 spiro atoms. The number of pyridine rings is 1. The Labute approximate surface area is 185 Å². The fourth-order valence-electron chi connectivity index (χ4n) is 3.98. The molecule has 0 aliphatic carbocycles. The molecule has 1 fully saturated rings. The van der Waals surface area contributed by atoms with Gasteiger partial charge in [-0.2, -0.15) is 0 Å². The van der Waals surface area contributed by atoms with Gasteiger partial charge in [-0.1, -0.05) is 18.2 Å². The lowest BCUT2D eigenvalue weighted by molar-refractivity contribution is 0.439. The summed E-state index contributed by atoms with van der Waals surface area (Å²) in [5.74, 6) is 1.15. The minimum atomic E-state index is -0.276. The zero-order chi connectivity index (χ0) is 21.4. The maximum absolute atomic E-state index is 13.3. The van der Waals surface area contributed by atoms with Crippen LogP contribution in [0.15, 0.2) is 89.5 Å². The topological polar surface area (TPSA) is 41.3 Å². The molecule has 2 aromatic heterocycles. The van der Waals surface area contributed by atoms with E-state index >= 15 is 0 Å². The lowest BCUT2D eigenvalue weighted by Crippen LogP contribution is -2.29. The molecule has 2 aromatic carbocycles. The SMILES string of the molecule is Cc1cccc(N2C(=S)N[C@@H](c3ccccn3)[C@@H]2c2ccc(-c3ccc(F)cc3)o2)c1. The van der Waals surface area contributed by atoms with E-state index in [2.05, 4.69) is 34.3 Å². The van der Waals surface area contributed by atoms with Crippen LogP contribution >= 0.6 is 12.2 Å². The summed E-state index contributed by atoms with van der Waals surface area (Å²) in [6, 6.07) is 23.8. The number of benzene rings is 2. The van der Waals surface area contributed by atoms with Gasteiger partial charge in [-0.05, 0) is 85.4 Å². The largest absolute Gasteiger partial charge is 0.459 e. The first-order valence-electron chi connectivity index (χ1n) is 10.0. The van der Waals surface area contributed by atoms with Crippen LogP contribution in [0, 0.1) is 12.7 Å². The Hall–Kier alpha value is -3.51. The highest BCUT2D eigenvalue weighted by Gasteiger charge is 2.42. The minimum absolute atomic E-state index is 0.179. The van der Waals surface area contributed by atoms with Crippen LogP contribution in [-0.4, -0.2) is 10.1 Å². The third-order valence-corrected chi connectivity index (χ3v) is 5.74. The average molecular weight is 430 g/mol. The van der Waals surface area contributed by atoms with Gasteiger partial charge in [-0.25, -0.2) is 4.39 Å². The molecule has 1 N–H and O–H groups in total. The first-order chi connectivity index (χ1) is 15.1. The maximum Gasteiger partial charge on any atom is 0.174 e. The number of rotatable bonds is 4. The van der Waals surface area contributed by atoms with E-state index < -0.39 is 0 Å².